The standard InChI is InChI=1S/C22H19NS.C13H8IN.C9H12S.C5H12O3.CH4/c1-2-4-17-5-3-6-22(15-17)24-21-13-11-20(12-14-21)19-9-7-18(16-23)8-10-19;14-13-7-5-12(6-8-13)11-3-1-10(9-15)2-4-11;1-2-4-8-5-3-6-9(10)7-8;1-5(2-6,3-7)4-8;/h3,5-15H,2,4H2,1H3;1-8H;3,5-7,10H,2,4H2,1H3;6-8H,2-4H2,1H3;1H4. The van der Waals surface area contributed by atoms with E-state index >= 15 is 0 Å². The predicted octanol–water partition coefficient (Wildman–Crippen LogP) is 12.7. The monoisotopic (exact) mass is 922 g/mol. The van der Waals surface area contributed by atoms with Crippen LogP contribution >= 0.6 is 47.0 Å². The molecule has 0 aliphatic carbocycles. The number of benzene rings is 6. The van der Waals surface area contributed by atoms with E-state index in [9.17, 15) is 0 Å². The van der Waals surface area contributed by atoms with E-state index in [4.69, 9.17) is 25.8 Å². The summed E-state index contributed by atoms with van der Waals surface area (Å²) >= 11 is 8.33. The molecule has 3 N–H and O–H groups in total. The highest BCUT2D eigenvalue weighted by molar-refractivity contribution is 14.1. The molecule has 0 heterocycles. The van der Waals surface area contributed by atoms with Crippen molar-refractivity contribution in [3.8, 4) is 34.4 Å². The van der Waals surface area contributed by atoms with Gasteiger partial charge in [-0.05, 0) is 142 Å². The highest BCUT2D eigenvalue weighted by Gasteiger charge is 2.20. The third-order valence-corrected chi connectivity index (χ3v) is 10.7. The molecule has 0 saturated heterocycles. The Labute approximate surface area is 370 Å². The Bertz CT molecular complexity index is 2130. The van der Waals surface area contributed by atoms with Crippen molar-refractivity contribution in [2.24, 2.45) is 5.41 Å². The molecule has 0 fully saturated rings. The van der Waals surface area contributed by atoms with Gasteiger partial charge in [0.05, 0.1) is 43.1 Å². The Balaban J connectivity index is 0.000000292. The van der Waals surface area contributed by atoms with E-state index in [1.54, 1.807) is 18.7 Å². The van der Waals surface area contributed by atoms with E-state index < -0.39 is 5.41 Å². The summed E-state index contributed by atoms with van der Waals surface area (Å²) in [6.45, 7) is 5.46. The van der Waals surface area contributed by atoms with Crippen LogP contribution in [0.15, 0.2) is 160 Å². The van der Waals surface area contributed by atoms with Gasteiger partial charge in [0, 0.05) is 23.7 Å². The first kappa shape index (κ1) is 49.8. The van der Waals surface area contributed by atoms with Gasteiger partial charge in [-0.2, -0.15) is 10.5 Å². The predicted molar refractivity (Wildman–Crippen MR) is 254 cm³/mol. The Morgan fingerprint density at radius 2 is 0.966 bits per heavy atom. The lowest BCUT2D eigenvalue weighted by Crippen LogP contribution is -2.29. The Morgan fingerprint density at radius 3 is 1.34 bits per heavy atom. The largest absolute Gasteiger partial charge is 0.396 e. The van der Waals surface area contributed by atoms with Gasteiger partial charge in [0.2, 0.25) is 0 Å². The van der Waals surface area contributed by atoms with Crippen LogP contribution in [-0.2, 0) is 12.8 Å². The maximum absolute atomic E-state index is 8.88. The second-order valence-electron chi connectivity index (χ2n) is 13.6. The molecule has 0 saturated carbocycles. The van der Waals surface area contributed by atoms with Crippen molar-refractivity contribution in [1.82, 2.24) is 0 Å². The van der Waals surface area contributed by atoms with Crippen molar-refractivity contribution in [2.75, 3.05) is 19.8 Å². The van der Waals surface area contributed by atoms with E-state index in [0.29, 0.717) is 11.1 Å². The van der Waals surface area contributed by atoms with Crippen LogP contribution < -0.4 is 0 Å². The molecule has 0 spiro atoms. The highest BCUT2D eigenvalue weighted by Crippen LogP contribution is 2.31. The summed E-state index contributed by atoms with van der Waals surface area (Å²) in [5.74, 6) is 0. The SMILES string of the molecule is C.CC(CO)(CO)CO.CCCc1cccc(S)c1.CCCc1cccc(Sc2ccc(-c3ccc(C#N)cc3)cc2)c1.N#Cc1ccc(-c2ccc(I)cc2)cc1. The van der Waals surface area contributed by atoms with Crippen LogP contribution in [0.2, 0.25) is 0 Å². The van der Waals surface area contributed by atoms with Gasteiger partial charge in [-0.15, -0.1) is 12.6 Å². The number of aliphatic hydroxyl groups is 3. The Hall–Kier alpha value is -4.39. The van der Waals surface area contributed by atoms with Gasteiger partial charge in [-0.3, -0.25) is 0 Å². The minimum atomic E-state index is -0.708. The van der Waals surface area contributed by atoms with Crippen LogP contribution in [0.5, 0.6) is 0 Å². The fourth-order valence-corrected chi connectivity index (χ4v) is 6.68. The molecule has 0 unspecified atom stereocenters. The van der Waals surface area contributed by atoms with Crippen molar-refractivity contribution >= 4 is 47.0 Å². The van der Waals surface area contributed by atoms with E-state index in [2.05, 4.69) is 146 Å². The number of nitriles is 2. The summed E-state index contributed by atoms with van der Waals surface area (Å²) in [6, 6.07) is 53.6. The summed E-state index contributed by atoms with van der Waals surface area (Å²) in [7, 11) is 0. The van der Waals surface area contributed by atoms with Gasteiger partial charge in [-0.25, -0.2) is 0 Å². The second kappa shape index (κ2) is 27.3. The summed E-state index contributed by atoms with van der Waals surface area (Å²) in [4.78, 5) is 3.58. The molecule has 302 valence electrons. The Morgan fingerprint density at radius 1 is 0.569 bits per heavy atom. The molecule has 6 aromatic carbocycles. The van der Waals surface area contributed by atoms with Crippen molar-refractivity contribution < 1.29 is 15.3 Å². The molecular weight excluding hydrogens is 868 g/mol. The zero-order valence-corrected chi connectivity index (χ0v) is 36.6. The van der Waals surface area contributed by atoms with Crippen LogP contribution in [0, 0.1) is 31.6 Å². The van der Waals surface area contributed by atoms with Gasteiger partial charge < -0.3 is 15.3 Å². The van der Waals surface area contributed by atoms with Crippen molar-refractivity contribution in [3.05, 3.63) is 171 Å². The molecule has 58 heavy (non-hydrogen) atoms. The quantitative estimate of drug-likeness (QED) is 0.0761. The smallest absolute Gasteiger partial charge is 0.0991 e. The summed E-state index contributed by atoms with van der Waals surface area (Å²) in [6.07, 6.45) is 4.67. The number of rotatable bonds is 11. The summed E-state index contributed by atoms with van der Waals surface area (Å²) in [5.41, 5.74) is 8.10. The molecule has 8 heteroatoms. The molecule has 0 aromatic heterocycles. The minimum absolute atomic E-state index is 0. The Kier molecular flexibility index (Phi) is 23.4. The lowest BCUT2D eigenvalue weighted by Gasteiger charge is -2.20. The topological polar surface area (TPSA) is 108 Å². The number of thiol groups is 1. The molecule has 0 bridgehead atoms. The first-order valence-electron chi connectivity index (χ1n) is 18.8. The average molecular weight is 923 g/mol. The molecule has 6 rings (SSSR count). The molecule has 5 nitrogen and oxygen atoms in total. The number of hydrogen-bond acceptors (Lipinski definition) is 7. The maximum Gasteiger partial charge on any atom is 0.0991 e. The van der Waals surface area contributed by atoms with Gasteiger partial charge in [0.1, 0.15) is 0 Å². The van der Waals surface area contributed by atoms with Crippen LogP contribution in [0.4, 0.5) is 0 Å². The normalized spacial score (nSPS) is 10.1. The molecular formula is C50H55IN2O3S2. The van der Waals surface area contributed by atoms with E-state index in [-0.39, 0.29) is 27.2 Å². The molecule has 0 atom stereocenters. The number of nitrogens with zero attached hydrogens (tertiary/aromatic N) is 2. The highest BCUT2D eigenvalue weighted by atomic mass is 127. The lowest BCUT2D eigenvalue weighted by atomic mass is 9.95. The summed E-state index contributed by atoms with van der Waals surface area (Å²) in [5, 5.41) is 43.0. The van der Waals surface area contributed by atoms with Crippen molar-refractivity contribution in [2.45, 2.75) is 68.6 Å². The van der Waals surface area contributed by atoms with Gasteiger partial charge >= 0.3 is 0 Å². The van der Waals surface area contributed by atoms with Crippen LogP contribution in [0.25, 0.3) is 22.3 Å². The molecule has 0 amide bonds. The summed E-state index contributed by atoms with van der Waals surface area (Å²) < 4.78 is 1.23. The maximum atomic E-state index is 8.88. The van der Waals surface area contributed by atoms with Crippen LogP contribution in [0.1, 0.15) is 63.3 Å². The lowest BCUT2D eigenvalue weighted by molar-refractivity contribution is 0.0200. The fourth-order valence-electron chi connectivity index (χ4n) is 5.17. The van der Waals surface area contributed by atoms with Crippen LogP contribution in [-0.4, -0.2) is 35.1 Å². The van der Waals surface area contributed by atoms with E-state index in [1.165, 1.54) is 48.5 Å². The zero-order valence-electron chi connectivity index (χ0n) is 32.8. The molecule has 0 radical (unpaired) electrons. The first-order valence-corrected chi connectivity index (χ1v) is 21.2. The molecule has 6 aromatic rings. The number of aliphatic hydroxyl groups excluding tert-OH is 3. The number of aryl methyl sites for hydroxylation is 2. The fraction of sp³-hybridized carbons (Fsp3) is 0.240. The molecule has 0 aliphatic rings. The van der Waals surface area contributed by atoms with Gasteiger partial charge in [0.25, 0.3) is 0 Å². The van der Waals surface area contributed by atoms with E-state index in [0.717, 1.165) is 28.9 Å². The second-order valence-corrected chi connectivity index (χ2v) is 16.5. The van der Waals surface area contributed by atoms with Crippen molar-refractivity contribution in [3.63, 3.8) is 0 Å². The number of halogens is 1. The van der Waals surface area contributed by atoms with Gasteiger partial charge in [-0.1, -0.05) is 126 Å². The third kappa shape index (κ3) is 17.6. The van der Waals surface area contributed by atoms with Gasteiger partial charge in [0.15, 0.2) is 0 Å². The third-order valence-electron chi connectivity index (χ3n) is 8.66. The average Bonchev–Trinajstić information content (AvgIpc) is 3.25. The van der Waals surface area contributed by atoms with Crippen LogP contribution in [0.3, 0.4) is 0 Å². The zero-order chi connectivity index (χ0) is 41.5. The number of hydrogen-bond donors (Lipinski definition) is 4. The minimum Gasteiger partial charge on any atom is -0.396 e. The molecule has 0 aliphatic heterocycles. The van der Waals surface area contributed by atoms with Crippen molar-refractivity contribution in [1.29, 1.82) is 10.5 Å². The first-order chi connectivity index (χ1) is 27.6. The van der Waals surface area contributed by atoms with E-state index in [1.807, 2.05) is 60.7 Å².